The molecule has 0 aromatic carbocycles. The molecule has 4 heteroatoms. The van der Waals surface area contributed by atoms with Crippen molar-refractivity contribution >= 4 is 0 Å². The van der Waals surface area contributed by atoms with Crippen LogP contribution in [0.3, 0.4) is 0 Å². The SMILES string of the molecule is c1ccc([C@@H]2NCCc3[nH]cnc32)nc1. The van der Waals surface area contributed by atoms with Gasteiger partial charge in [-0.1, -0.05) is 6.07 Å². The molecule has 3 rings (SSSR count). The predicted octanol–water partition coefficient (Wildman–Crippen LogP) is 1.04. The van der Waals surface area contributed by atoms with E-state index < -0.39 is 0 Å². The first-order chi connectivity index (χ1) is 7.45. The van der Waals surface area contributed by atoms with E-state index in [1.54, 1.807) is 6.33 Å². The normalized spacial score (nSPS) is 19.9. The van der Waals surface area contributed by atoms with Crippen LogP contribution in [0.1, 0.15) is 23.1 Å². The Kier molecular flexibility index (Phi) is 1.99. The highest BCUT2D eigenvalue weighted by Crippen LogP contribution is 2.24. The van der Waals surface area contributed by atoms with Crippen LogP contribution in [-0.2, 0) is 6.42 Å². The molecule has 1 atom stereocenters. The molecular weight excluding hydrogens is 188 g/mol. The van der Waals surface area contributed by atoms with Crippen LogP contribution in [0.4, 0.5) is 0 Å². The van der Waals surface area contributed by atoms with Crippen LogP contribution < -0.4 is 5.32 Å². The quantitative estimate of drug-likeness (QED) is 0.723. The maximum atomic E-state index is 4.36. The lowest BCUT2D eigenvalue weighted by Crippen LogP contribution is -2.31. The highest BCUT2D eigenvalue weighted by molar-refractivity contribution is 5.27. The molecule has 76 valence electrons. The maximum Gasteiger partial charge on any atom is 0.0943 e. The first-order valence-corrected chi connectivity index (χ1v) is 5.11. The summed E-state index contributed by atoms with van der Waals surface area (Å²) in [7, 11) is 0. The third kappa shape index (κ3) is 1.43. The summed E-state index contributed by atoms with van der Waals surface area (Å²) < 4.78 is 0. The highest BCUT2D eigenvalue weighted by Gasteiger charge is 2.24. The van der Waals surface area contributed by atoms with Gasteiger partial charge in [0.15, 0.2) is 0 Å². The summed E-state index contributed by atoms with van der Waals surface area (Å²) in [4.78, 5) is 11.9. The molecule has 0 spiro atoms. The Morgan fingerprint density at radius 3 is 3.13 bits per heavy atom. The van der Waals surface area contributed by atoms with Crippen molar-refractivity contribution in [1.29, 1.82) is 0 Å². The summed E-state index contributed by atoms with van der Waals surface area (Å²) in [5.41, 5.74) is 3.34. The number of hydrogen-bond donors (Lipinski definition) is 2. The molecule has 0 radical (unpaired) electrons. The number of nitrogens with one attached hydrogen (secondary N) is 2. The molecule has 3 heterocycles. The Morgan fingerprint density at radius 1 is 1.27 bits per heavy atom. The van der Waals surface area contributed by atoms with Crippen molar-refractivity contribution in [3.63, 3.8) is 0 Å². The molecule has 0 aliphatic carbocycles. The molecule has 1 aliphatic heterocycles. The largest absolute Gasteiger partial charge is 0.348 e. The van der Waals surface area contributed by atoms with Gasteiger partial charge in [0, 0.05) is 24.9 Å². The van der Waals surface area contributed by atoms with Crippen LogP contribution in [0.2, 0.25) is 0 Å². The van der Waals surface area contributed by atoms with Crippen molar-refractivity contribution in [2.24, 2.45) is 0 Å². The molecule has 0 fully saturated rings. The van der Waals surface area contributed by atoms with Crippen LogP contribution in [0, 0.1) is 0 Å². The highest BCUT2D eigenvalue weighted by atomic mass is 15.0. The monoisotopic (exact) mass is 200 g/mol. The number of aromatic amines is 1. The van der Waals surface area contributed by atoms with Crippen LogP contribution in [0.15, 0.2) is 30.7 Å². The van der Waals surface area contributed by atoms with Crippen molar-refractivity contribution < 1.29 is 0 Å². The van der Waals surface area contributed by atoms with Gasteiger partial charge in [0.1, 0.15) is 0 Å². The van der Waals surface area contributed by atoms with Crippen LogP contribution in [-0.4, -0.2) is 21.5 Å². The van der Waals surface area contributed by atoms with Gasteiger partial charge >= 0.3 is 0 Å². The fraction of sp³-hybridized carbons (Fsp3) is 0.273. The number of H-pyrrole nitrogens is 1. The predicted molar refractivity (Wildman–Crippen MR) is 56.4 cm³/mol. The minimum Gasteiger partial charge on any atom is -0.348 e. The van der Waals surface area contributed by atoms with Gasteiger partial charge in [0.25, 0.3) is 0 Å². The second-order valence-electron chi connectivity index (χ2n) is 3.66. The fourth-order valence-electron chi connectivity index (χ4n) is 2.01. The average molecular weight is 200 g/mol. The van der Waals surface area contributed by atoms with Gasteiger partial charge in [0.2, 0.25) is 0 Å². The first kappa shape index (κ1) is 8.61. The summed E-state index contributed by atoms with van der Waals surface area (Å²) >= 11 is 0. The molecule has 0 bridgehead atoms. The third-order valence-electron chi connectivity index (χ3n) is 2.73. The number of rotatable bonds is 1. The first-order valence-electron chi connectivity index (χ1n) is 5.11. The molecule has 0 amide bonds. The van der Waals surface area contributed by atoms with Crippen molar-refractivity contribution in [3.05, 3.63) is 47.8 Å². The van der Waals surface area contributed by atoms with E-state index in [4.69, 9.17) is 0 Å². The van der Waals surface area contributed by atoms with E-state index in [-0.39, 0.29) is 6.04 Å². The Morgan fingerprint density at radius 2 is 2.27 bits per heavy atom. The van der Waals surface area contributed by atoms with E-state index in [1.807, 2.05) is 24.4 Å². The lowest BCUT2D eigenvalue weighted by atomic mass is 10.0. The maximum absolute atomic E-state index is 4.36. The topological polar surface area (TPSA) is 53.6 Å². The summed E-state index contributed by atoms with van der Waals surface area (Å²) in [6, 6.07) is 6.10. The van der Waals surface area contributed by atoms with E-state index in [0.29, 0.717) is 0 Å². The molecule has 0 saturated heterocycles. The zero-order valence-electron chi connectivity index (χ0n) is 8.27. The van der Waals surface area contributed by atoms with Crippen LogP contribution >= 0.6 is 0 Å². The number of nitrogens with zero attached hydrogens (tertiary/aromatic N) is 2. The standard InChI is InChI=1S/C11H12N4/c1-2-5-12-8(3-1)10-11-9(4-6-13-10)14-7-15-11/h1-3,5,7,10,13H,4,6H2,(H,14,15)/t10-/m0/s1. The van der Waals surface area contributed by atoms with Gasteiger partial charge in [-0.05, 0) is 12.1 Å². The molecular formula is C11H12N4. The lowest BCUT2D eigenvalue weighted by molar-refractivity contribution is 0.543. The van der Waals surface area contributed by atoms with E-state index in [0.717, 1.165) is 24.4 Å². The fourth-order valence-corrected chi connectivity index (χ4v) is 2.01. The zero-order valence-corrected chi connectivity index (χ0v) is 8.27. The van der Waals surface area contributed by atoms with Crippen molar-refractivity contribution in [2.45, 2.75) is 12.5 Å². The van der Waals surface area contributed by atoms with Crippen molar-refractivity contribution in [3.8, 4) is 0 Å². The average Bonchev–Trinajstić information content (AvgIpc) is 2.78. The van der Waals surface area contributed by atoms with Gasteiger partial charge in [0.05, 0.1) is 23.8 Å². The van der Waals surface area contributed by atoms with Gasteiger partial charge in [-0.3, -0.25) is 4.98 Å². The minimum atomic E-state index is 0.140. The van der Waals surface area contributed by atoms with E-state index in [2.05, 4.69) is 20.3 Å². The second kappa shape index (κ2) is 3.47. The van der Waals surface area contributed by atoms with Gasteiger partial charge in [-0.2, -0.15) is 0 Å². The minimum absolute atomic E-state index is 0.140. The summed E-state index contributed by atoms with van der Waals surface area (Å²) in [6.45, 7) is 0.969. The molecule has 0 saturated carbocycles. The Balaban J connectivity index is 2.03. The second-order valence-corrected chi connectivity index (χ2v) is 3.66. The number of hydrogen-bond acceptors (Lipinski definition) is 3. The van der Waals surface area contributed by atoms with Gasteiger partial charge < -0.3 is 10.3 Å². The third-order valence-corrected chi connectivity index (χ3v) is 2.73. The zero-order chi connectivity index (χ0) is 10.1. The Labute approximate surface area is 87.8 Å². The molecule has 1 aliphatic rings. The molecule has 2 N–H and O–H groups in total. The number of aromatic nitrogens is 3. The smallest absolute Gasteiger partial charge is 0.0943 e. The van der Waals surface area contributed by atoms with Gasteiger partial charge in [-0.25, -0.2) is 4.98 Å². The lowest BCUT2D eigenvalue weighted by Gasteiger charge is -2.22. The summed E-state index contributed by atoms with van der Waals surface area (Å²) in [5, 5.41) is 3.43. The van der Waals surface area contributed by atoms with Crippen LogP contribution in [0.25, 0.3) is 0 Å². The number of fused-ring (bicyclic) bond motifs is 1. The Hall–Kier alpha value is -1.68. The molecule has 2 aromatic heterocycles. The molecule has 0 unspecified atom stereocenters. The molecule has 15 heavy (non-hydrogen) atoms. The van der Waals surface area contributed by atoms with Crippen molar-refractivity contribution in [2.75, 3.05) is 6.54 Å². The van der Waals surface area contributed by atoms with E-state index in [9.17, 15) is 0 Å². The Bertz CT molecular complexity index is 449. The van der Waals surface area contributed by atoms with E-state index >= 15 is 0 Å². The molecule has 4 nitrogen and oxygen atoms in total. The van der Waals surface area contributed by atoms with Crippen molar-refractivity contribution in [1.82, 2.24) is 20.3 Å². The summed E-state index contributed by atoms with van der Waals surface area (Å²) in [5.74, 6) is 0. The number of imidazole rings is 1. The molecule has 2 aromatic rings. The van der Waals surface area contributed by atoms with Crippen LogP contribution in [0.5, 0.6) is 0 Å². The van der Waals surface area contributed by atoms with Gasteiger partial charge in [-0.15, -0.1) is 0 Å². The number of pyridine rings is 1. The van der Waals surface area contributed by atoms with E-state index in [1.165, 1.54) is 5.69 Å². The summed E-state index contributed by atoms with van der Waals surface area (Å²) in [6.07, 6.45) is 4.59.